The van der Waals surface area contributed by atoms with Crippen molar-refractivity contribution in [2.75, 3.05) is 33.5 Å². The third-order valence-electron chi connectivity index (χ3n) is 4.04. The second-order valence-corrected chi connectivity index (χ2v) is 5.94. The molecule has 0 radical (unpaired) electrons. The van der Waals surface area contributed by atoms with E-state index in [2.05, 4.69) is 18.2 Å². The van der Waals surface area contributed by atoms with E-state index in [1.807, 2.05) is 49.4 Å². The van der Waals surface area contributed by atoms with Gasteiger partial charge in [-0.25, -0.2) is 0 Å². The molecule has 0 aromatic heterocycles. The fourth-order valence-corrected chi connectivity index (χ4v) is 2.74. The monoisotopic (exact) mass is 352 g/mol. The summed E-state index contributed by atoms with van der Waals surface area (Å²) in [6.45, 7) is 3.99. The van der Waals surface area contributed by atoms with Gasteiger partial charge in [-0.2, -0.15) is 0 Å². The lowest BCUT2D eigenvalue weighted by atomic mass is 10.1. The van der Waals surface area contributed by atoms with Gasteiger partial charge in [-0.05, 0) is 36.1 Å². The summed E-state index contributed by atoms with van der Waals surface area (Å²) < 4.78 is 22.5. The summed E-state index contributed by atoms with van der Waals surface area (Å²) >= 11 is 0. The van der Waals surface area contributed by atoms with Crippen LogP contribution < -0.4 is 14.2 Å². The van der Waals surface area contributed by atoms with Crippen molar-refractivity contribution in [3.63, 3.8) is 0 Å². The Morgan fingerprint density at radius 1 is 0.692 bits per heavy atom. The highest BCUT2D eigenvalue weighted by Crippen LogP contribution is 2.27. The van der Waals surface area contributed by atoms with E-state index in [1.165, 1.54) is 5.39 Å². The zero-order chi connectivity index (χ0) is 18.2. The van der Waals surface area contributed by atoms with Crippen LogP contribution in [0.3, 0.4) is 0 Å². The second-order valence-electron chi connectivity index (χ2n) is 5.94. The van der Waals surface area contributed by atoms with E-state index in [0.717, 1.165) is 28.2 Å². The van der Waals surface area contributed by atoms with Gasteiger partial charge in [-0.1, -0.05) is 42.5 Å². The van der Waals surface area contributed by atoms with Crippen LogP contribution in [0.25, 0.3) is 10.8 Å². The Hall–Kier alpha value is -2.72. The summed E-state index contributed by atoms with van der Waals surface area (Å²) in [6, 6.07) is 20.1. The van der Waals surface area contributed by atoms with E-state index in [-0.39, 0.29) is 0 Å². The predicted molar refractivity (Wildman–Crippen MR) is 103 cm³/mol. The van der Waals surface area contributed by atoms with Crippen molar-refractivity contribution in [2.24, 2.45) is 0 Å². The van der Waals surface area contributed by atoms with Gasteiger partial charge in [0.15, 0.2) is 11.5 Å². The average Bonchev–Trinajstić information content (AvgIpc) is 2.68. The first-order valence-electron chi connectivity index (χ1n) is 8.73. The lowest BCUT2D eigenvalue weighted by molar-refractivity contribution is 0.0761. The molecule has 0 atom stereocenters. The van der Waals surface area contributed by atoms with Gasteiger partial charge in [-0.3, -0.25) is 0 Å². The molecule has 0 fully saturated rings. The molecule has 26 heavy (non-hydrogen) atoms. The maximum Gasteiger partial charge on any atom is 0.161 e. The second kappa shape index (κ2) is 9.11. The van der Waals surface area contributed by atoms with Gasteiger partial charge >= 0.3 is 0 Å². The van der Waals surface area contributed by atoms with Gasteiger partial charge in [0.2, 0.25) is 0 Å². The van der Waals surface area contributed by atoms with Crippen LogP contribution in [0.4, 0.5) is 0 Å². The number of hydrogen-bond acceptors (Lipinski definition) is 4. The Labute approximate surface area is 154 Å². The molecule has 0 amide bonds. The van der Waals surface area contributed by atoms with Gasteiger partial charge in [0.25, 0.3) is 0 Å². The predicted octanol–water partition coefficient (Wildman–Crippen LogP) is 4.63. The molecular formula is C22H24O4. The summed E-state index contributed by atoms with van der Waals surface area (Å²) in [7, 11) is 1.64. The largest absolute Gasteiger partial charge is 0.493 e. The van der Waals surface area contributed by atoms with E-state index in [1.54, 1.807) is 7.11 Å². The Bertz CT molecular complexity index is 839. The minimum atomic E-state index is 0.466. The maximum absolute atomic E-state index is 5.85. The average molecular weight is 352 g/mol. The van der Waals surface area contributed by atoms with Crippen LogP contribution in [0.2, 0.25) is 0 Å². The first-order valence-corrected chi connectivity index (χ1v) is 8.73. The van der Waals surface area contributed by atoms with Crippen molar-refractivity contribution in [2.45, 2.75) is 6.92 Å². The third-order valence-corrected chi connectivity index (χ3v) is 4.04. The molecule has 0 N–H and O–H groups in total. The summed E-state index contributed by atoms with van der Waals surface area (Å²) in [5.41, 5.74) is 1.14. The van der Waals surface area contributed by atoms with Crippen LogP contribution in [0.5, 0.6) is 17.2 Å². The van der Waals surface area contributed by atoms with Crippen molar-refractivity contribution >= 4 is 10.8 Å². The molecule has 3 rings (SSSR count). The number of fused-ring (bicyclic) bond motifs is 1. The van der Waals surface area contributed by atoms with Crippen molar-refractivity contribution in [3.05, 3.63) is 66.2 Å². The zero-order valence-electron chi connectivity index (χ0n) is 15.2. The Kier molecular flexibility index (Phi) is 6.34. The molecule has 136 valence electrons. The van der Waals surface area contributed by atoms with E-state index in [4.69, 9.17) is 18.9 Å². The van der Waals surface area contributed by atoms with Crippen LogP contribution in [0.15, 0.2) is 60.7 Å². The first-order chi connectivity index (χ1) is 12.8. The van der Waals surface area contributed by atoms with Gasteiger partial charge in [0.1, 0.15) is 19.0 Å². The number of methoxy groups -OCH3 is 1. The fourth-order valence-electron chi connectivity index (χ4n) is 2.74. The minimum absolute atomic E-state index is 0.466. The van der Waals surface area contributed by atoms with Crippen molar-refractivity contribution < 1.29 is 18.9 Å². The number of ether oxygens (including phenoxy) is 4. The van der Waals surface area contributed by atoms with E-state index in [0.29, 0.717) is 26.4 Å². The molecule has 0 aliphatic rings. The molecule has 4 heteroatoms. The molecule has 4 nitrogen and oxygen atoms in total. The molecular weight excluding hydrogens is 328 g/mol. The quantitative estimate of drug-likeness (QED) is 0.526. The zero-order valence-corrected chi connectivity index (χ0v) is 15.2. The van der Waals surface area contributed by atoms with Gasteiger partial charge in [0.05, 0.1) is 20.3 Å². The van der Waals surface area contributed by atoms with Gasteiger partial charge < -0.3 is 18.9 Å². The summed E-state index contributed by atoms with van der Waals surface area (Å²) in [4.78, 5) is 0. The smallest absolute Gasteiger partial charge is 0.161 e. The van der Waals surface area contributed by atoms with Crippen LogP contribution in [0, 0.1) is 6.92 Å². The molecule has 0 aliphatic heterocycles. The van der Waals surface area contributed by atoms with Crippen molar-refractivity contribution in [3.8, 4) is 17.2 Å². The first kappa shape index (κ1) is 18.1. The van der Waals surface area contributed by atoms with E-state index in [9.17, 15) is 0 Å². The topological polar surface area (TPSA) is 36.9 Å². The standard InChI is InChI=1S/C22H24O4/c1-17-10-11-21(22(16-17)23-2)26-15-13-24-12-14-25-20-9-5-7-18-6-3-4-8-19(18)20/h3-11,16H,12-15H2,1-2H3. The molecule has 0 saturated carbocycles. The minimum Gasteiger partial charge on any atom is -0.493 e. The van der Waals surface area contributed by atoms with Gasteiger partial charge in [0, 0.05) is 5.39 Å². The molecule has 3 aromatic rings. The third kappa shape index (κ3) is 4.67. The number of rotatable bonds is 9. The molecule has 0 aliphatic carbocycles. The summed E-state index contributed by atoms with van der Waals surface area (Å²) in [5.74, 6) is 2.35. The van der Waals surface area contributed by atoms with E-state index < -0.39 is 0 Å². The number of benzene rings is 3. The molecule has 0 bridgehead atoms. The fraction of sp³-hybridized carbons (Fsp3) is 0.273. The van der Waals surface area contributed by atoms with Gasteiger partial charge in [-0.15, -0.1) is 0 Å². The van der Waals surface area contributed by atoms with Crippen molar-refractivity contribution in [1.29, 1.82) is 0 Å². The Balaban J connectivity index is 1.38. The Morgan fingerprint density at radius 2 is 1.42 bits per heavy atom. The molecule has 3 aromatic carbocycles. The molecule has 0 saturated heterocycles. The van der Waals surface area contributed by atoms with Crippen molar-refractivity contribution in [1.82, 2.24) is 0 Å². The van der Waals surface area contributed by atoms with Crippen LogP contribution in [-0.4, -0.2) is 33.5 Å². The SMILES string of the molecule is COc1cc(C)ccc1OCCOCCOc1cccc2ccccc12. The van der Waals surface area contributed by atoms with E-state index >= 15 is 0 Å². The lowest BCUT2D eigenvalue weighted by Gasteiger charge is -2.12. The highest BCUT2D eigenvalue weighted by molar-refractivity contribution is 5.88. The highest BCUT2D eigenvalue weighted by atomic mass is 16.6. The maximum atomic E-state index is 5.85. The normalized spacial score (nSPS) is 10.7. The summed E-state index contributed by atoms with van der Waals surface area (Å²) in [6.07, 6.45) is 0. The number of aryl methyl sites for hydroxylation is 1. The van der Waals surface area contributed by atoms with Crippen LogP contribution >= 0.6 is 0 Å². The Morgan fingerprint density at radius 3 is 2.23 bits per heavy atom. The number of hydrogen-bond donors (Lipinski definition) is 0. The highest BCUT2D eigenvalue weighted by Gasteiger charge is 2.04. The molecule has 0 heterocycles. The van der Waals surface area contributed by atoms with Crippen LogP contribution in [-0.2, 0) is 4.74 Å². The lowest BCUT2D eigenvalue weighted by Crippen LogP contribution is -2.12. The molecule has 0 spiro atoms. The summed E-state index contributed by atoms with van der Waals surface area (Å²) in [5, 5.41) is 2.29. The van der Waals surface area contributed by atoms with Crippen LogP contribution in [0.1, 0.15) is 5.56 Å². The molecule has 0 unspecified atom stereocenters.